The van der Waals surface area contributed by atoms with Gasteiger partial charge in [-0.05, 0) is 24.3 Å². The quantitative estimate of drug-likeness (QED) is 0.661. The van der Waals surface area contributed by atoms with Crippen molar-refractivity contribution in [2.24, 2.45) is 0 Å². The summed E-state index contributed by atoms with van der Waals surface area (Å²) >= 11 is 0. The molecule has 3 rings (SSSR count). The second-order valence-corrected chi connectivity index (χ2v) is 7.50. The Hall–Kier alpha value is -2.04. The van der Waals surface area contributed by atoms with E-state index in [-0.39, 0.29) is 4.90 Å². The maximum Gasteiger partial charge on any atom is 0.261 e. The van der Waals surface area contributed by atoms with Gasteiger partial charge >= 0.3 is 0 Å². The van der Waals surface area contributed by atoms with Crippen LogP contribution in [0.2, 0.25) is 0 Å². The van der Waals surface area contributed by atoms with Crippen molar-refractivity contribution in [1.29, 1.82) is 0 Å². The van der Waals surface area contributed by atoms with Gasteiger partial charge in [0, 0.05) is 39.9 Å². The number of anilines is 2. The van der Waals surface area contributed by atoms with Crippen molar-refractivity contribution in [2.75, 3.05) is 11.9 Å². The van der Waals surface area contributed by atoms with Crippen LogP contribution in [0.5, 0.6) is 0 Å². The Morgan fingerprint density at radius 1 is 0.818 bits per heavy atom. The molecule has 0 aromatic heterocycles. The van der Waals surface area contributed by atoms with Crippen molar-refractivity contribution in [3.8, 4) is 0 Å². The smallest absolute Gasteiger partial charge is 0.261 e. The molecule has 22 heavy (non-hydrogen) atoms. The predicted molar refractivity (Wildman–Crippen MR) is 91.5 cm³/mol. The Morgan fingerprint density at radius 2 is 1.45 bits per heavy atom. The number of fused-ring (bicyclic) bond motifs is 1. The lowest BCUT2D eigenvalue weighted by molar-refractivity contribution is 0.610. The Morgan fingerprint density at radius 3 is 2.14 bits per heavy atom. The first kappa shape index (κ1) is 14.9. The standard InChI is InChI=1S/C17H14ClNO2S/c1-19(13-7-3-2-4-8-13)16-11-5-10-15-14(16)9-6-12-17(15)22(18,20)21/h2-12H,1H3. The summed E-state index contributed by atoms with van der Waals surface area (Å²) in [6.07, 6.45) is 0. The molecular weight excluding hydrogens is 318 g/mol. The molecule has 0 heterocycles. The summed E-state index contributed by atoms with van der Waals surface area (Å²) in [5.41, 5.74) is 1.94. The fraction of sp³-hybridized carbons (Fsp3) is 0.0588. The van der Waals surface area contributed by atoms with Crippen molar-refractivity contribution in [1.82, 2.24) is 0 Å². The second-order valence-electron chi connectivity index (χ2n) is 4.96. The van der Waals surface area contributed by atoms with E-state index in [0.29, 0.717) is 5.39 Å². The molecule has 0 saturated heterocycles. The highest BCUT2D eigenvalue weighted by atomic mass is 35.7. The van der Waals surface area contributed by atoms with Crippen LogP contribution in [0.25, 0.3) is 10.8 Å². The van der Waals surface area contributed by atoms with Crippen molar-refractivity contribution < 1.29 is 8.42 Å². The molecule has 0 radical (unpaired) electrons. The first-order chi connectivity index (χ1) is 10.5. The van der Waals surface area contributed by atoms with Crippen molar-refractivity contribution in [2.45, 2.75) is 4.90 Å². The zero-order valence-electron chi connectivity index (χ0n) is 11.9. The fourth-order valence-electron chi connectivity index (χ4n) is 2.56. The lowest BCUT2D eigenvalue weighted by Gasteiger charge is -2.21. The maximum absolute atomic E-state index is 11.7. The van der Waals surface area contributed by atoms with Gasteiger partial charge in [-0.15, -0.1) is 0 Å². The zero-order valence-corrected chi connectivity index (χ0v) is 13.5. The number of hydrogen-bond donors (Lipinski definition) is 0. The van der Waals surface area contributed by atoms with Crippen LogP contribution < -0.4 is 4.90 Å². The van der Waals surface area contributed by atoms with E-state index in [9.17, 15) is 8.42 Å². The minimum atomic E-state index is -3.78. The van der Waals surface area contributed by atoms with E-state index in [2.05, 4.69) is 0 Å². The summed E-state index contributed by atoms with van der Waals surface area (Å²) < 4.78 is 23.5. The molecule has 0 amide bonds. The van der Waals surface area contributed by atoms with Crippen LogP contribution in [0, 0.1) is 0 Å². The highest BCUT2D eigenvalue weighted by molar-refractivity contribution is 8.14. The highest BCUT2D eigenvalue weighted by Gasteiger charge is 2.16. The molecule has 0 saturated carbocycles. The molecule has 3 nitrogen and oxygen atoms in total. The third-order valence-electron chi connectivity index (χ3n) is 3.63. The summed E-state index contributed by atoms with van der Waals surface area (Å²) in [5, 5.41) is 1.47. The van der Waals surface area contributed by atoms with E-state index >= 15 is 0 Å². The maximum atomic E-state index is 11.7. The van der Waals surface area contributed by atoms with Gasteiger partial charge in [-0.25, -0.2) is 8.42 Å². The molecule has 0 atom stereocenters. The summed E-state index contributed by atoms with van der Waals surface area (Å²) in [4.78, 5) is 2.16. The Kier molecular flexibility index (Phi) is 3.81. The third-order valence-corrected chi connectivity index (χ3v) is 5.01. The molecule has 0 N–H and O–H groups in total. The number of para-hydroxylation sites is 1. The largest absolute Gasteiger partial charge is 0.344 e. The van der Waals surface area contributed by atoms with Gasteiger partial charge in [0.1, 0.15) is 0 Å². The molecule has 0 aliphatic heterocycles. The molecule has 0 spiro atoms. The number of benzene rings is 3. The molecular formula is C17H14ClNO2S. The molecule has 0 bridgehead atoms. The van der Waals surface area contributed by atoms with Gasteiger partial charge in [-0.3, -0.25) is 0 Å². The van der Waals surface area contributed by atoms with Crippen LogP contribution in [0.3, 0.4) is 0 Å². The first-order valence-electron chi connectivity index (χ1n) is 6.73. The molecule has 5 heteroatoms. The minimum absolute atomic E-state index is 0.134. The topological polar surface area (TPSA) is 37.4 Å². The Bertz CT molecular complexity index is 924. The average Bonchev–Trinajstić information content (AvgIpc) is 2.53. The molecule has 0 aliphatic rings. The molecule has 3 aromatic rings. The molecule has 0 unspecified atom stereocenters. The normalized spacial score (nSPS) is 11.5. The molecule has 0 fully saturated rings. The van der Waals surface area contributed by atoms with E-state index in [1.807, 2.05) is 60.5 Å². The van der Waals surface area contributed by atoms with Gasteiger partial charge in [0.05, 0.1) is 4.90 Å². The van der Waals surface area contributed by atoms with E-state index in [4.69, 9.17) is 10.7 Å². The first-order valence-corrected chi connectivity index (χ1v) is 9.04. The molecule has 112 valence electrons. The summed E-state index contributed by atoms with van der Waals surface area (Å²) in [5.74, 6) is 0. The van der Waals surface area contributed by atoms with E-state index in [0.717, 1.165) is 16.8 Å². The van der Waals surface area contributed by atoms with Crippen LogP contribution in [0.4, 0.5) is 11.4 Å². The lowest BCUT2D eigenvalue weighted by Crippen LogP contribution is -2.09. The second kappa shape index (κ2) is 5.63. The van der Waals surface area contributed by atoms with E-state index in [1.54, 1.807) is 12.1 Å². The van der Waals surface area contributed by atoms with Gasteiger partial charge in [-0.1, -0.05) is 42.5 Å². The van der Waals surface area contributed by atoms with Crippen LogP contribution in [0.1, 0.15) is 0 Å². The van der Waals surface area contributed by atoms with Crippen LogP contribution >= 0.6 is 10.7 Å². The Balaban J connectivity index is 2.25. The molecule has 0 aliphatic carbocycles. The summed E-state index contributed by atoms with van der Waals surface area (Å²) in [6.45, 7) is 0. The van der Waals surface area contributed by atoms with Gasteiger partial charge < -0.3 is 4.90 Å². The zero-order chi connectivity index (χ0) is 15.7. The van der Waals surface area contributed by atoms with Crippen molar-refractivity contribution >= 4 is 41.9 Å². The van der Waals surface area contributed by atoms with Crippen molar-refractivity contribution in [3.63, 3.8) is 0 Å². The van der Waals surface area contributed by atoms with Gasteiger partial charge in [0.25, 0.3) is 9.05 Å². The van der Waals surface area contributed by atoms with Crippen molar-refractivity contribution in [3.05, 3.63) is 66.7 Å². The van der Waals surface area contributed by atoms with Crippen LogP contribution in [-0.4, -0.2) is 15.5 Å². The highest BCUT2D eigenvalue weighted by Crippen LogP contribution is 2.34. The third kappa shape index (κ3) is 2.67. The van der Waals surface area contributed by atoms with E-state index in [1.165, 1.54) is 6.07 Å². The van der Waals surface area contributed by atoms with E-state index < -0.39 is 9.05 Å². The number of hydrogen-bond acceptors (Lipinski definition) is 3. The van der Waals surface area contributed by atoms with Crippen LogP contribution in [0.15, 0.2) is 71.6 Å². The SMILES string of the molecule is CN(c1ccccc1)c1cccc2c(S(=O)(=O)Cl)cccc12. The molecule has 3 aromatic carbocycles. The monoisotopic (exact) mass is 331 g/mol. The number of halogens is 1. The van der Waals surface area contributed by atoms with Gasteiger partial charge in [0.15, 0.2) is 0 Å². The summed E-state index contributed by atoms with van der Waals surface area (Å²) in [7, 11) is 3.71. The van der Waals surface area contributed by atoms with Gasteiger partial charge in [0.2, 0.25) is 0 Å². The predicted octanol–water partition coefficient (Wildman–Crippen LogP) is 4.54. The lowest BCUT2D eigenvalue weighted by atomic mass is 10.1. The number of nitrogens with zero attached hydrogens (tertiary/aromatic N) is 1. The number of rotatable bonds is 3. The minimum Gasteiger partial charge on any atom is -0.344 e. The average molecular weight is 332 g/mol. The Labute approximate surface area is 134 Å². The van der Waals surface area contributed by atoms with Gasteiger partial charge in [-0.2, -0.15) is 0 Å². The van der Waals surface area contributed by atoms with Crippen LogP contribution in [-0.2, 0) is 9.05 Å². The fourth-order valence-corrected chi connectivity index (χ4v) is 3.65. The summed E-state index contributed by atoms with van der Waals surface area (Å²) in [6, 6.07) is 20.6.